The molecule has 4 heteroatoms. The van der Waals surface area contributed by atoms with Crippen LogP contribution in [0.2, 0.25) is 0 Å². The molecule has 1 aromatic rings. The van der Waals surface area contributed by atoms with Gasteiger partial charge >= 0.3 is 0 Å². The second-order valence-electron chi connectivity index (χ2n) is 4.51. The van der Waals surface area contributed by atoms with E-state index in [1.165, 1.54) is 11.3 Å². The zero-order valence-corrected chi connectivity index (χ0v) is 13.1. The Morgan fingerprint density at radius 2 is 2.24 bits per heavy atom. The Morgan fingerprint density at radius 1 is 1.41 bits per heavy atom. The van der Waals surface area contributed by atoms with Crippen LogP contribution in [0, 0.1) is 0 Å². The van der Waals surface area contributed by atoms with Crippen molar-refractivity contribution in [2.75, 3.05) is 12.3 Å². The van der Waals surface area contributed by atoms with E-state index in [4.69, 9.17) is 0 Å². The maximum absolute atomic E-state index is 3.66. The Labute approximate surface area is 117 Å². The standard InChI is InChI=1S/C13H21NS3/c1-4-14-13(11-5-6-15-7-11)12-8-16-9(2)10(3)17-12/h5-7,9-10,12-14H,4,8H2,1-3H3. The molecule has 0 saturated carbocycles. The topological polar surface area (TPSA) is 12.0 Å². The average molecular weight is 288 g/mol. The first-order valence-electron chi connectivity index (χ1n) is 6.25. The summed E-state index contributed by atoms with van der Waals surface area (Å²) >= 11 is 6.09. The molecule has 1 nitrogen and oxygen atoms in total. The Bertz CT molecular complexity index is 325. The molecular weight excluding hydrogens is 266 g/mol. The monoisotopic (exact) mass is 287 g/mol. The molecule has 96 valence electrons. The molecule has 4 atom stereocenters. The molecule has 2 rings (SSSR count). The minimum absolute atomic E-state index is 0.527. The number of nitrogens with one attached hydrogen (secondary N) is 1. The quantitative estimate of drug-likeness (QED) is 0.898. The third-order valence-corrected chi connectivity index (χ3v) is 7.47. The second kappa shape index (κ2) is 6.50. The van der Waals surface area contributed by atoms with Gasteiger partial charge in [0, 0.05) is 27.5 Å². The van der Waals surface area contributed by atoms with Crippen LogP contribution in [0.3, 0.4) is 0 Å². The molecule has 0 aliphatic carbocycles. The average Bonchev–Trinajstić information content (AvgIpc) is 2.83. The van der Waals surface area contributed by atoms with Crippen LogP contribution in [-0.2, 0) is 0 Å². The third kappa shape index (κ3) is 3.43. The summed E-state index contributed by atoms with van der Waals surface area (Å²) in [5, 5.41) is 10.4. The zero-order valence-electron chi connectivity index (χ0n) is 10.7. The lowest BCUT2D eigenvalue weighted by atomic mass is 10.1. The van der Waals surface area contributed by atoms with E-state index in [-0.39, 0.29) is 0 Å². The number of hydrogen-bond donors (Lipinski definition) is 1. The fourth-order valence-electron chi connectivity index (χ4n) is 2.12. The predicted octanol–water partition coefficient (Wildman–Crippen LogP) is 4.02. The number of hydrogen-bond acceptors (Lipinski definition) is 4. The molecule has 0 radical (unpaired) electrons. The highest BCUT2D eigenvalue weighted by molar-refractivity contribution is 8.07. The zero-order chi connectivity index (χ0) is 12.3. The van der Waals surface area contributed by atoms with Crippen molar-refractivity contribution in [1.82, 2.24) is 5.32 Å². The number of thiophene rings is 1. The third-order valence-electron chi connectivity index (χ3n) is 3.27. The van der Waals surface area contributed by atoms with Crippen molar-refractivity contribution in [1.29, 1.82) is 0 Å². The highest BCUT2D eigenvalue weighted by Crippen LogP contribution is 2.41. The van der Waals surface area contributed by atoms with E-state index in [0.29, 0.717) is 11.3 Å². The van der Waals surface area contributed by atoms with Gasteiger partial charge in [-0.25, -0.2) is 0 Å². The van der Waals surface area contributed by atoms with Gasteiger partial charge in [-0.2, -0.15) is 34.9 Å². The van der Waals surface area contributed by atoms with Crippen LogP contribution in [-0.4, -0.2) is 28.0 Å². The van der Waals surface area contributed by atoms with Crippen LogP contribution < -0.4 is 5.32 Å². The molecule has 1 aromatic heterocycles. The first-order valence-corrected chi connectivity index (χ1v) is 9.18. The predicted molar refractivity (Wildman–Crippen MR) is 83.5 cm³/mol. The molecule has 0 aromatic carbocycles. The van der Waals surface area contributed by atoms with Crippen molar-refractivity contribution in [2.45, 2.75) is 42.6 Å². The van der Waals surface area contributed by atoms with Gasteiger partial charge in [-0.15, -0.1) is 0 Å². The fourth-order valence-corrected chi connectivity index (χ4v) is 5.93. The van der Waals surface area contributed by atoms with Gasteiger partial charge in [0.2, 0.25) is 0 Å². The van der Waals surface area contributed by atoms with E-state index in [2.05, 4.69) is 66.4 Å². The van der Waals surface area contributed by atoms with E-state index in [9.17, 15) is 0 Å². The van der Waals surface area contributed by atoms with E-state index >= 15 is 0 Å². The number of thioether (sulfide) groups is 2. The molecule has 0 bridgehead atoms. The summed E-state index contributed by atoms with van der Waals surface area (Å²) in [6.07, 6.45) is 0. The normalized spacial score (nSPS) is 31.4. The van der Waals surface area contributed by atoms with Crippen molar-refractivity contribution in [3.8, 4) is 0 Å². The minimum atomic E-state index is 0.527. The van der Waals surface area contributed by atoms with E-state index < -0.39 is 0 Å². The Morgan fingerprint density at radius 3 is 2.82 bits per heavy atom. The van der Waals surface area contributed by atoms with Gasteiger partial charge in [0.15, 0.2) is 0 Å². The molecule has 17 heavy (non-hydrogen) atoms. The molecule has 1 aliphatic rings. The highest BCUT2D eigenvalue weighted by Gasteiger charge is 2.31. The highest BCUT2D eigenvalue weighted by atomic mass is 32.2. The largest absolute Gasteiger partial charge is 0.309 e. The summed E-state index contributed by atoms with van der Waals surface area (Å²) in [5.41, 5.74) is 1.47. The summed E-state index contributed by atoms with van der Waals surface area (Å²) < 4.78 is 0. The SMILES string of the molecule is CCNC(c1ccsc1)C1CSC(C)C(C)S1. The minimum Gasteiger partial charge on any atom is -0.309 e. The van der Waals surface area contributed by atoms with Gasteiger partial charge in [0.25, 0.3) is 0 Å². The van der Waals surface area contributed by atoms with Gasteiger partial charge in [-0.3, -0.25) is 0 Å². The first-order chi connectivity index (χ1) is 8.22. The Kier molecular flexibility index (Phi) is 5.27. The lowest BCUT2D eigenvalue weighted by molar-refractivity contribution is 0.549. The summed E-state index contributed by atoms with van der Waals surface area (Å²) in [4.78, 5) is 0. The molecule has 1 fully saturated rings. The van der Waals surface area contributed by atoms with Crippen molar-refractivity contribution in [3.05, 3.63) is 22.4 Å². The van der Waals surface area contributed by atoms with Crippen LogP contribution in [0.4, 0.5) is 0 Å². The molecular formula is C13H21NS3. The van der Waals surface area contributed by atoms with Crippen LogP contribution >= 0.6 is 34.9 Å². The van der Waals surface area contributed by atoms with Crippen molar-refractivity contribution in [2.24, 2.45) is 0 Å². The number of rotatable bonds is 4. The van der Waals surface area contributed by atoms with E-state index in [1.54, 1.807) is 11.3 Å². The van der Waals surface area contributed by atoms with Crippen molar-refractivity contribution in [3.63, 3.8) is 0 Å². The summed E-state index contributed by atoms with van der Waals surface area (Å²) in [6, 6.07) is 2.80. The molecule has 1 N–H and O–H groups in total. The van der Waals surface area contributed by atoms with Gasteiger partial charge in [-0.05, 0) is 28.9 Å². The lowest BCUT2D eigenvalue weighted by Gasteiger charge is -2.36. The van der Waals surface area contributed by atoms with Gasteiger partial charge < -0.3 is 5.32 Å². The van der Waals surface area contributed by atoms with E-state index in [0.717, 1.165) is 17.0 Å². The molecule has 4 unspecified atom stereocenters. The van der Waals surface area contributed by atoms with Crippen LogP contribution in [0.5, 0.6) is 0 Å². The summed E-state index contributed by atoms with van der Waals surface area (Å²) in [7, 11) is 0. The maximum Gasteiger partial charge on any atom is 0.0456 e. The van der Waals surface area contributed by atoms with Gasteiger partial charge in [0.1, 0.15) is 0 Å². The Hall–Kier alpha value is 0.360. The van der Waals surface area contributed by atoms with Crippen molar-refractivity contribution >= 4 is 34.9 Å². The van der Waals surface area contributed by atoms with E-state index in [1.807, 2.05) is 0 Å². The smallest absolute Gasteiger partial charge is 0.0456 e. The van der Waals surface area contributed by atoms with Crippen LogP contribution in [0.25, 0.3) is 0 Å². The second-order valence-corrected chi connectivity index (χ2v) is 8.32. The Balaban J connectivity index is 2.06. The molecule has 0 amide bonds. The summed E-state index contributed by atoms with van der Waals surface area (Å²) in [6.45, 7) is 7.97. The molecule has 2 heterocycles. The molecule has 0 spiro atoms. The molecule has 1 saturated heterocycles. The van der Waals surface area contributed by atoms with Gasteiger partial charge in [-0.1, -0.05) is 20.8 Å². The van der Waals surface area contributed by atoms with Crippen LogP contribution in [0.15, 0.2) is 16.8 Å². The summed E-state index contributed by atoms with van der Waals surface area (Å²) in [5.74, 6) is 1.27. The fraction of sp³-hybridized carbons (Fsp3) is 0.692. The maximum atomic E-state index is 3.66. The molecule has 1 aliphatic heterocycles. The van der Waals surface area contributed by atoms with Crippen LogP contribution in [0.1, 0.15) is 32.4 Å². The van der Waals surface area contributed by atoms with Gasteiger partial charge in [0.05, 0.1) is 0 Å². The first kappa shape index (κ1) is 13.8. The lowest BCUT2D eigenvalue weighted by Crippen LogP contribution is -2.36. The van der Waals surface area contributed by atoms with Crippen molar-refractivity contribution < 1.29 is 0 Å².